The van der Waals surface area contributed by atoms with Crippen LogP contribution in [0.5, 0.6) is 0 Å². The van der Waals surface area contributed by atoms with Crippen molar-refractivity contribution < 1.29 is 0 Å². The Balaban J connectivity index is 2.18. The zero-order valence-electron chi connectivity index (χ0n) is 10.1. The molecule has 0 aliphatic heterocycles. The largest absolute Gasteiger partial charge is 0.347 e. The van der Waals surface area contributed by atoms with E-state index in [-0.39, 0.29) is 0 Å². The number of aromatic nitrogens is 3. The Kier molecular flexibility index (Phi) is 3.34. The van der Waals surface area contributed by atoms with Crippen LogP contribution in [0.1, 0.15) is 5.56 Å². The van der Waals surface area contributed by atoms with E-state index in [1.165, 1.54) is 6.33 Å². The molecule has 0 saturated heterocycles. The molecule has 0 radical (unpaired) electrons. The molecular formula is C12H12N6. The lowest BCUT2D eigenvalue weighted by Crippen LogP contribution is -2.13. The lowest BCUT2D eigenvalue weighted by atomic mass is 10.2. The Labute approximate surface area is 105 Å². The summed E-state index contributed by atoms with van der Waals surface area (Å²) in [5, 5.41) is 11.8. The average Bonchev–Trinajstić information content (AvgIpc) is 2.40. The summed E-state index contributed by atoms with van der Waals surface area (Å²) in [4.78, 5) is 14.1. The van der Waals surface area contributed by atoms with Gasteiger partial charge >= 0.3 is 0 Å². The molecular weight excluding hydrogens is 228 g/mol. The molecule has 2 rings (SSSR count). The Morgan fingerprint density at radius 2 is 1.89 bits per heavy atom. The minimum atomic E-state index is 0.471. The molecule has 0 fully saturated rings. The van der Waals surface area contributed by atoms with E-state index in [1.807, 2.05) is 14.1 Å². The minimum Gasteiger partial charge on any atom is -0.347 e. The van der Waals surface area contributed by atoms with Gasteiger partial charge < -0.3 is 10.2 Å². The van der Waals surface area contributed by atoms with Gasteiger partial charge in [-0.15, -0.1) is 0 Å². The van der Waals surface area contributed by atoms with Crippen molar-refractivity contribution >= 4 is 17.6 Å². The Morgan fingerprint density at radius 3 is 2.50 bits per heavy atom. The third kappa shape index (κ3) is 2.71. The van der Waals surface area contributed by atoms with E-state index in [1.54, 1.807) is 29.2 Å². The number of anilines is 3. The van der Waals surface area contributed by atoms with Crippen molar-refractivity contribution in [1.82, 2.24) is 15.0 Å². The van der Waals surface area contributed by atoms with Gasteiger partial charge in [0.2, 0.25) is 11.9 Å². The first-order chi connectivity index (χ1) is 8.69. The molecule has 0 atom stereocenters. The second-order valence-electron chi connectivity index (χ2n) is 3.82. The molecule has 1 aromatic carbocycles. The SMILES string of the molecule is CN(C)c1ncnc(Nc2ccc(C#N)cc2)n1. The van der Waals surface area contributed by atoms with Gasteiger partial charge in [0.1, 0.15) is 6.33 Å². The summed E-state index contributed by atoms with van der Waals surface area (Å²) < 4.78 is 0. The third-order valence-electron chi connectivity index (χ3n) is 2.23. The van der Waals surface area contributed by atoms with Crippen molar-refractivity contribution in [3.05, 3.63) is 36.2 Å². The highest BCUT2D eigenvalue weighted by Crippen LogP contribution is 2.14. The fourth-order valence-corrected chi connectivity index (χ4v) is 1.32. The zero-order valence-corrected chi connectivity index (χ0v) is 10.1. The molecule has 0 unspecified atom stereocenters. The van der Waals surface area contributed by atoms with E-state index in [9.17, 15) is 0 Å². The van der Waals surface area contributed by atoms with Crippen LogP contribution in [0.2, 0.25) is 0 Å². The van der Waals surface area contributed by atoms with Crippen LogP contribution in [0.3, 0.4) is 0 Å². The predicted molar refractivity (Wildman–Crippen MR) is 68.6 cm³/mol. The van der Waals surface area contributed by atoms with Crippen molar-refractivity contribution in [2.45, 2.75) is 0 Å². The lowest BCUT2D eigenvalue weighted by molar-refractivity contribution is 0.960. The van der Waals surface area contributed by atoms with E-state index in [0.717, 1.165) is 5.69 Å². The van der Waals surface area contributed by atoms with Crippen LogP contribution in [-0.2, 0) is 0 Å². The smallest absolute Gasteiger partial charge is 0.231 e. The Hall–Kier alpha value is -2.68. The average molecular weight is 240 g/mol. The maximum absolute atomic E-state index is 8.71. The quantitative estimate of drug-likeness (QED) is 0.877. The van der Waals surface area contributed by atoms with Gasteiger partial charge in [-0.1, -0.05) is 0 Å². The van der Waals surface area contributed by atoms with Gasteiger partial charge in [0.05, 0.1) is 11.6 Å². The molecule has 1 heterocycles. The second-order valence-corrected chi connectivity index (χ2v) is 3.82. The third-order valence-corrected chi connectivity index (χ3v) is 2.23. The van der Waals surface area contributed by atoms with E-state index in [0.29, 0.717) is 17.5 Å². The Morgan fingerprint density at radius 1 is 1.17 bits per heavy atom. The number of nitrogens with zero attached hydrogens (tertiary/aromatic N) is 5. The molecule has 0 bridgehead atoms. The van der Waals surface area contributed by atoms with Crippen molar-refractivity contribution in [3.63, 3.8) is 0 Å². The first-order valence-corrected chi connectivity index (χ1v) is 5.32. The molecule has 0 saturated carbocycles. The standard InChI is InChI=1S/C12H12N6/c1-18(2)12-15-8-14-11(17-12)16-10-5-3-9(7-13)4-6-10/h3-6,8H,1-2H3,(H,14,15,16,17). The van der Waals surface area contributed by atoms with Crippen LogP contribution < -0.4 is 10.2 Å². The van der Waals surface area contributed by atoms with Gasteiger partial charge in [0.25, 0.3) is 0 Å². The Bertz CT molecular complexity index is 570. The molecule has 1 aromatic heterocycles. The van der Waals surface area contributed by atoms with E-state index in [4.69, 9.17) is 5.26 Å². The monoisotopic (exact) mass is 240 g/mol. The van der Waals surface area contributed by atoms with Gasteiger partial charge in [-0.25, -0.2) is 9.97 Å². The number of hydrogen-bond acceptors (Lipinski definition) is 6. The molecule has 2 aromatic rings. The van der Waals surface area contributed by atoms with E-state index < -0.39 is 0 Å². The van der Waals surface area contributed by atoms with Crippen LogP contribution >= 0.6 is 0 Å². The van der Waals surface area contributed by atoms with Crippen LogP contribution in [0.25, 0.3) is 0 Å². The molecule has 0 aliphatic rings. The summed E-state index contributed by atoms with van der Waals surface area (Å²) in [7, 11) is 3.72. The summed E-state index contributed by atoms with van der Waals surface area (Å²) in [6, 6.07) is 9.14. The van der Waals surface area contributed by atoms with Crippen LogP contribution in [-0.4, -0.2) is 29.0 Å². The molecule has 0 spiro atoms. The normalized spacial score (nSPS) is 9.61. The maximum Gasteiger partial charge on any atom is 0.231 e. The highest BCUT2D eigenvalue weighted by molar-refractivity contribution is 5.55. The molecule has 6 heteroatoms. The van der Waals surface area contributed by atoms with Crippen LogP contribution in [0.4, 0.5) is 17.6 Å². The highest BCUT2D eigenvalue weighted by Gasteiger charge is 2.02. The van der Waals surface area contributed by atoms with Crippen molar-refractivity contribution in [2.75, 3.05) is 24.3 Å². The molecule has 0 aliphatic carbocycles. The van der Waals surface area contributed by atoms with E-state index in [2.05, 4.69) is 26.3 Å². The number of hydrogen-bond donors (Lipinski definition) is 1. The van der Waals surface area contributed by atoms with Crippen LogP contribution in [0, 0.1) is 11.3 Å². The number of benzene rings is 1. The van der Waals surface area contributed by atoms with Gasteiger partial charge in [-0.05, 0) is 24.3 Å². The number of nitrogens with one attached hydrogen (secondary N) is 1. The van der Waals surface area contributed by atoms with Crippen molar-refractivity contribution in [2.24, 2.45) is 0 Å². The second kappa shape index (κ2) is 5.10. The maximum atomic E-state index is 8.71. The number of rotatable bonds is 3. The summed E-state index contributed by atoms with van der Waals surface area (Å²) in [6.07, 6.45) is 1.45. The van der Waals surface area contributed by atoms with Gasteiger partial charge in [-0.3, -0.25) is 0 Å². The predicted octanol–water partition coefficient (Wildman–Crippen LogP) is 1.55. The molecule has 0 amide bonds. The summed E-state index contributed by atoms with van der Waals surface area (Å²) in [5.74, 6) is 1.06. The summed E-state index contributed by atoms with van der Waals surface area (Å²) in [5.41, 5.74) is 1.44. The fraction of sp³-hybridized carbons (Fsp3) is 0.167. The van der Waals surface area contributed by atoms with Gasteiger partial charge in [0, 0.05) is 19.8 Å². The van der Waals surface area contributed by atoms with Crippen molar-refractivity contribution in [1.29, 1.82) is 5.26 Å². The van der Waals surface area contributed by atoms with Crippen LogP contribution in [0.15, 0.2) is 30.6 Å². The summed E-state index contributed by atoms with van der Waals surface area (Å²) in [6.45, 7) is 0. The zero-order chi connectivity index (χ0) is 13.0. The van der Waals surface area contributed by atoms with Gasteiger partial charge in [-0.2, -0.15) is 10.2 Å². The number of nitriles is 1. The summed E-state index contributed by atoms with van der Waals surface area (Å²) >= 11 is 0. The fourth-order valence-electron chi connectivity index (χ4n) is 1.32. The topological polar surface area (TPSA) is 77.7 Å². The molecule has 90 valence electrons. The molecule has 1 N–H and O–H groups in total. The molecule has 18 heavy (non-hydrogen) atoms. The first-order valence-electron chi connectivity index (χ1n) is 5.32. The van der Waals surface area contributed by atoms with Crippen molar-refractivity contribution in [3.8, 4) is 6.07 Å². The highest BCUT2D eigenvalue weighted by atomic mass is 15.3. The molecule has 6 nitrogen and oxygen atoms in total. The minimum absolute atomic E-state index is 0.471. The first kappa shape index (κ1) is 11.8. The van der Waals surface area contributed by atoms with Gasteiger partial charge in [0.15, 0.2) is 0 Å². The van der Waals surface area contributed by atoms with E-state index >= 15 is 0 Å². The lowest BCUT2D eigenvalue weighted by Gasteiger charge is -2.10.